The van der Waals surface area contributed by atoms with Crippen LogP contribution in [0.5, 0.6) is 0 Å². The first-order valence-corrected chi connectivity index (χ1v) is 10.9. The number of aryl methyl sites for hydroxylation is 2. The number of aliphatic imine (C=N–C) groups is 1. The molecule has 0 aliphatic carbocycles. The third-order valence-electron chi connectivity index (χ3n) is 6.28. The predicted octanol–water partition coefficient (Wildman–Crippen LogP) is 1.75. The van der Waals surface area contributed by atoms with Crippen LogP contribution in [0.3, 0.4) is 0 Å². The van der Waals surface area contributed by atoms with Crippen LogP contribution in [0.15, 0.2) is 4.99 Å². The van der Waals surface area contributed by atoms with E-state index in [9.17, 15) is 4.79 Å². The molecule has 3 rings (SSSR count). The van der Waals surface area contributed by atoms with E-state index in [-0.39, 0.29) is 24.0 Å². The number of aromatic nitrogens is 2. The minimum absolute atomic E-state index is 0. The molecule has 1 aromatic heterocycles. The van der Waals surface area contributed by atoms with Crippen LogP contribution in [-0.4, -0.2) is 89.2 Å². The normalized spacial score (nSPS) is 18.7. The first kappa shape index (κ1) is 24.9. The summed E-state index contributed by atoms with van der Waals surface area (Å²) in [5.41, 5.74) is 3.47. The van der Waals surface area contributed by atoms with E-state index in [4.69, 9.17) is 0 Å². The maximum atomic E-state index is 12.6. The fraction of sp³-hybridized carbons (Fsp3) is 0.762. The molecular weight excluding hydrogens is 493 g/mol. The van der Waals surface area contributed by atoms with Crippen molar-refractivity contribution in [2.75, 3.05) is 52.9 Å². The second-order valence-corrected chi connectivity index (χ2v) is 8.23. The molecule has 9 heteroatoms. The molecule has 1 aromatic rings. The van der Waals surface area contributed by atoms with Crippen LogP contribution in [0.1, 0.15) is 42.6 Å². The van der Waals surface area contributed by atoms with Gasteiger partial charge in [0.1, 0.15) is 0 Å². The molecule has 0 saturated carbocycles. The third kappa shape index (κ3) is 6.32. The summed E-state index contributed by atoms with van der Waals surface area (Å²) < 4.78 is 1.93. The average Bonchev–Trinajstić information content (AvgIpc) is 2.91. The Morgan fingerprint density at radius 3 is 2.17 bits per heavy atom. The van der Waals surface area contributed by atoms with Crippen molar-refractivity contribution in [2.24, 2.45) is 12.0 Å². The molecule has 0 radical (unpaired) electrons. The van der Waals surface area contributed by atoms with Gasteiger partial charge in [-0.3, -0.25) is 19.4 Å². The summed E-state index contributed by atoms with van der Waals surface area (Å²) in [7, 11) is 3.81. The number of hydrogen-bond donors (Lipinski definition) is 1. The van der Waals surface area contributed by atoms with Crippen molar-refractivity contribution in [2.45, 2.75) is 46.1 Å². The summed E-state index contributed by atoms with van der Waals surface area (Å²) in [6, 6.07) is 0. The molecular formula is C21H38IN7O. The standard InChI is InChI=1S/C21H37N7O.HI/c1-17-19(18(2)25(4)24-17)15-23-21(22-3)28-13-11-26(12-14-28)16-20(29)27-9-7-5-6-8-10-27;/h5-16H2,1-4H3,(H,22,23);1H. The third-order valence-corrected chi connectivity index (χ3v) is 6.28. The highest BCUT2D eigenvalue weighted by Gasteiger charge is 2.24. The van der Waals surface area contributed by atoms with E-state index in [1.165, 1.54) is 24.1 Å². The second kappa shape index (κ2) is 11.9. The van der Waals surface area contributed by atoms with Gasteiger partial charge in [-0.2, -0.15) is 5.10 Å². The zero-order chi connectivity index (χ0) is 20.8. The number of piperazine rings is 1. The molecule has 1 amide bonds. The molecule has 8 nitrogen and oxygen atoms in total. The van der Waals surface area contributed by atoms with E-state index in [1.807, 2.05) is 25.7 Å². The van der Waals surface area contributed by atoms with Gasteiger partial charge in [-0.15, -0.1) is 24.0 Å². The number of halogens is 1. The molecule has 2 aliphatic heterocycles. The molecule has 0 bridgehead atoms. The number of likely N-dealkylation sites (tertiary alicyclic amines) is 1. The van der Waals surface area contributed by atoms with Crippen molar-refractivity contribution in [3.8, 4) is 0 Å². The van der Waals surface area contributed by atoms with E-state index in [2.05, 4.69) is 37.0 Å². The van der Waals surface area contributed by atoms with Gasteiger partial charge >= 0.3 is 0 Å². The number of amides is 1. The minimum Gasteiger partial charge on any atom is -0.352 e. The number of carbonyl (C=O) groups excluding carboxylic acids is 1. The molecule has 30 heavy (non-hydrogen) atoms. The van der Waals surface area contributed by atoms with E-state index < -0.39 is 0 Å². The summed E-state index contributed by atoms with van der Waals surface area (Å²) in [6.07, 6.45) is 4.81. The van der Waals surface area contributed by atoms with Crippen LogP contribution in [0.4, 0.5) is 0 Å². The first-order chi connectivity index (χ1) is 14.0. The van der Waals surface area contributed by atoms with Crippen LogP contribution in [-0.2, 0) is 18.4 Å². The maximum absolute atomic E-state index is 12.6. The summed E-state index contributed by atoms with van der Waals surface area (Å²) in [4.78, 5) is 23.8. The van der Waals surface area contributed by atoms with Gasteiger partial charge in [-0.1, -0.05) is 12.8 Å². The highest BCUT2D eigenvalue weighted by molar-refractivity contribution is 14.0. The zero-order valence-electron chi connectivity index (χ0n) is 19.0. The van der Waals surface area contributed by atoms with Crippen molar-refractivity contribution in [1.82, 2.24) is 29.8 Å². The first-order valence-electron chi connectivity index (χ1n) is 10.9. The molecule has 2 fully saturated rings. The highest BCUT2D eigenvalue weighted by Crippen LogP contribution is 2.13. The Kier molecular flexibility index (Phi) is 9.86. The Labute approximate surface area is 198 Å². The summed E-state index contributed by atoms with van der Waals surface area (Å²) in [5, 5.41) is 7.98. The van der Waals surface area contributed by atoms with Gasteiger partial charge in [0.15, 0.2) is 5.96 Å². The van der Waals surface area contributed by atoms with Crippen LogP contribution < -0.4 is 5.32 Å². The molecule has 0 spiro atoms. The van der Waals surface area contributed by atoms with Gasteiger partial charge in [0.2, 0.25) is 5.91 Å². The maximum Gasteiger partial charge on any atom is 0.236 e. The topological polar surface area (TPSA) is 69.0 Å². The Morgan fingerprint density at radius 2 is 1.63 bits per heavy atom. The molecule has 0 unspecified atom stereocenters. The Hall–Kier alpha value is -1.36. The lowest BCUT2D eigenvalue weighted by atomic mass is 10.2. The highest BCUT2D eigenvalue weighted by atomic mass is 127. The molecule has 2 aliphatic rings. The quantitative estimate of drug-likeness (QED) is 0.365. The molecule has 1 N–H and O–H groups in total. The molecule has 0 aromatic carbocycles. The molecule has 2 saturated heterocycles. The van der Waals surface area contributed by atoms with Crippen molar-refractivity contribution >= 4 is 35.8 Å². The van der Waals surface area contributed by atoms with Gasteiger partial charge in [-0.05, 0) is 26.7 Å². The molecule has 170 valence electrons. The Morgan fingerprint density at radius 1 is 1.00 bits per heavy atom. The zero-order valence-corrected chi connectivity index (χ0v) is 21.3. The summed E-state index contributed by atoms with van der Waals surface area (Å²) in [6.45, 7) is 10.9. The summed E-state index contributed by atoms with van der Waals surface area (Å²) >= 11 is 0. The number of guanidine groups is 1. The number of nitrogens with zero attached hydrogens (tertiary/aromatic N) is 6. The lowest BCUT2D eigenvalue weighted by molar-refractivity contribution is -0.132. The van der Waals surface area contributed by atoms with Crippen LogP contribution in [0, 0.1) is 13.8 Å². The van der Waals surface area contributed by atoms with Crippen molar-refractivity contribution < 1.29 is 4.79 Å². The van der Waals surface area contributed by atoms with Crippen molar-refractivity contribution in [1.29, 1.82) is 0 Å². The number of hydrogen-bond acceptors (Lipinski definition) is 4. The Bertz CT molecular complexity index is 717. The molecule has 3 heterocycles. The minimum atomic E-state index is 0. The van der Waals surface area contributed by atoms with Crippen LogP contribution in [0.2, 0.25) is 0 Å². The van der Waals surface area contributed by atoms with E-state index in [0.717, 1.165) is 70.3 Å². The van der Waals surface area contributed by atoms with E-state index >= 15 is 0 Å². The van der Waals surface area contributed by atoms with Gasteiger partial charge < -0.3 is 15.1 Å². The second-order valence-electron chi connectivity index (χ2n) is 8.23. The van der Waals surface area contributed by atoms with Gasteiger partial charge in [0, 0.05) is 71.2 Å². The van der Waals surface area contributed by atoms with E-state index in [1.54, 1.807) is 0 Å². The monoisotopic (exact) mass is 531 g/mol. The average molecular weight is 531 g/mol. The fourth-order valence-electron chi connectivity index (χ4n) is 4.30. The van der Waals surface area contributed by atoms with E-state index in [0.29, 0.717) is 12.5 Å². The van der Waals surface area contributed by atoms with Crippen LogP contribution in [0.25, 0.3) is 0 Å². The lowest BCUT2D eigenvalue weighted by Gasteiger charge is -2.37. The largest absolute Gasteiger partial charge is 0.352 e. The van der Waals surface area contributed by atoms with Crippen molar-refractivity contribution in [3.05, 3.63) is 17.0 Å². The number of nitrogens with one attached hydrogen (secondary N) is 1. The smallest absolute Gasteiger partial charge is 0.236 e. The van der Waals surface area contributed by atoms with Crippen molar-refractivity contribution in [3.63, 3.8) is 0 Å². The number of rotatable bonds is 4. The predicted molar refractivity (Wildman–Crippen MR) is 131 cm³/mol. The Balaban J connectivity index is 0.00000320. The van der Waals surface area contributed by atoms with Gasteiger partial charge in [0.05, 0.1) is 12.2 Å². The molecule has 0 atom stereocenters. The SMILES string of the molecule is CN=C(NCc1c(C)nn(C)c1C)N1CCN(CC(=O)N2CCCCCC2)CC1.I. The van der Waals surface area contributed by atoms with Gasteiger partial charge in [-0.25, -0.2) is 0 Å². The van der Waals surface area contributed by atoms with Gasteiger partial charge in [0.25, 0.3) is 0 Å². The number of carbonyl (C=O) groups is 1. The summed E-state index contributed by atoms with van der Waals surface area (Å²) in [5.74, 6) is 1.22. The lowest BCUT2D eigenvalue weighted by Crippen LogP contribution is -2.54. The fourth-order valence-corrected chi connectivity index (χ4v) is 4.30. The van der Waals surface area contributed by atoms with Crippen LogP contribution >= 0.6 is 24.0 Å².